The number of hydrogen-bond donors (Lipinski definition) is 1. The summed E-state index contributed by atoms with van der Waals surface area (Å²) in [5, 5.41) is 4.57. The van der Waals surface area contributed by atoms with E-state index in [1.807, 2.05) is 24.3 Å². The first kappa shape index (κ1) is 25.9. The van der Waals surface area contributed by atoms with Crippen molar-refractivity contribution >= 4 is 77.2 Å². The minimum absolute atomic E-state index is 0.0512. The zero-order valence-electron chi connectivity index (χ0n) is 16.9. The van der Waals surface area contributed by atoms with Gasteiger partial charge in [0.2, 0.25) is 10.0 Å². The normalized spacial score (nSPS) is 11.8. The molecule has 0 saturated carbocycles. The Morgan fingerprint density at radius 2 is 1.70 bits per heavy atom. The van der Waals surface area contributed by atoms with E-state index in [2.05, 4.69) is 42.4 Å². The number of benzene rings is 3. The van der Waals surface area contributed by atoms with Crippen LogP contribution in [0, 0.1) is 0 Å². The van der Waals surface area contributed by atoms with Crippen molar-refractivity contribution in [2.24, 2.45) is 5.10 Å². The Labute approximate surface area is 218 Å². The summed E-state index contributed by atoms with van der Waals surface area (Å²) < 4.78 is 29.2. The molecule has 0 radical (unpaired) electrons. The van der Waals surface area contributed by atoms with Gasteiger partial charge in [0.15, 0.2) is 0 Å². The van der Waals surface area contributed by atoms with Crippen LogP contribution in [0.2, 0.25) is 10.0 Å². The van der Waals surface area contributed by atoms with Gasteiger partial charge in [0.1, 0.15) is 0 Å². The molecule has 3 aromatic rings. The number of amides is 1. The molecule has 0 unspecified atom stereocenters. The number of nitrogens with zero attached hydrogens (tertiary/aromatic N) is 2. The highest BCUT2D eigenvalue weighted by molar-refractivity contribution is 9.10. The van der Waals surface area contributed by atoms with Gasteiger partial charge in [0.25, 0.3) is 5.91 Å². The van der Waals surface area contributed by atoms with Crippen LogP contribution in [-0.2, 0) is 21.4 Å². The highest BCUT2D eigenvalue weighted by Crippen LogP contribution is 2.25. The van der Waals surface area contributed by atoms with Crippen molar-refractivity contribution in [3.8, 4) is 0 Å². The average Bonchev–Trinajstić information content (AvgIpc) is 2.77. The second kappa shape index (κ2) is 11.6. The van der Waals surface area contributed by atoms with Crippen LogP contribution < -0.4 is 5.43 Å². The number of carbonyl (C=O) groups excluding carboxylic acids is 1. The third-order valence-electron chi connectivity index (χ3n) is 4.41. The predicted octanol–water partition coefficient (Wildman–Crippen LogP) is 5.86. The Balaban J connectivity index is 1.82. The largest absolute Gasteiger partial charge is 0.272 e. The van der Waals surface area contributed by atoms with E-state index in [-0.39, 0.29) is 16.5 Å². The van der Waals surface area contributed by atoms with E-state index in [1.54, 1.807) is 30.3 Å². The van der Waals surface area contributed by atoms with Crippen LogP contribution in [0.15, 0.2) is 85.7 Å². The maximum Gasteiger partial charge on any atom is 0.255 e. The first-order valence-electron chi connectivity index (χ1n) is 9.43. The SMILES string of the molecule is O=C(CN(Cc1ccc(Cl)c(Cl)c1)S(=O)(=O)c1ccc(Br)cc1)N/N=C/c1ccccc1Br. The summed E-state index contributed by atoms with van der Waals surface area (Å²) in [7, 11) is -4.00. The topological polar surface area (TPSA) is 78.8 Å². The highest BCUT2D eigenvalue weighted by Gasteiger charge is 2.27. The van der Waals surface area contributed by atoms with E-state index in [9.17, 15) is 13.2 Å². The van der Waals surface area contributed by atoms with Crippen molar-refractivity contribution in [1.29, 1.82) is 0 Å². The van der Waals surface area contributed by atoms with Gasteiger partial charge in [0.05, 0.1) is 27.7 Å². The summed E-state index contributed by atoms with van der Waals surface area (Å²) >= 11 is 18.7. The molecule has 6 nitrogen and oxygen atoms in total. The van der Waals surface area contributed by atoms with Crippen LogP contribution in [0.1, 0.15) is 11.1 Å². The maximum atomic E-state index is 13.3. The minimum Gasteiger partial charge on any atom is -0.272 e. The van der Waals surface area contributed by atoms with Crippen LogP contribution in [0.3, 0.4) is 0 Å². The monoisotopic (exact) mass is 631 g/mol. The van der Waals surface area contributed by atoms with E-state index in [1.165, 1.54) is 18.3 Å². The van der Waals surface area contributed by atoms with Crippen molar-refractivity contribution in [1.82, 2.24) is 9.73 Å². The summed E-state index contributed by atoms with van der Waals surface area (Å²) in [5.74, 6) is -0.598. The smallest absolute Gasteiger partial charge is 0.255 e. The van der Waals surface area contributed by atoms with Gasteiger partial charge in [-0.2, -0.15) is 9.41 Å². The molecule has 0 aliphatic rings. The molecule has 3 rings (SSSR count). The zero-order chi connectivity index (χ0) is 24.0. The Bertz CT molecular complexity index is 1290. The van der Waals surface area contributed by atoms with Crippen LogP contribution in [-0.4, -0.2) is 31.4 Å². The van der Waals surface area contributed by atoms with Crippen LogP contribution in [0.5, 0.6) is 0 Å². The molecule has 0 bridgehead atoms. The molecule has 0 aliphatic heterocycles. The summed E-state index contributed by atoms with van der Waals surface area (Å²) in [4.78, 5) is 12.6. The number of hydrogen-bond acceptors (Lipinski definition) is 4. The molecule has 0 fully saturated rings. The van der Waals surface area contributed by atoms with Crippen molar-refractivity contribution in [3.63, 3.8) is 0 Å². The average molecular weight is 634 g/mol. The molecular formula is C22H17Br2Cl2N3O3S. The number of carbonyl (C=O) groups is 1. The molecule has 1 N–H and O–H groups in total. The predicted molar refractivity (Wildman–Crippen MR) is 138 cm³/mol. The molecule has 1 amide bonds. The van der Waals surface area contributed by atoms with Crippen molar-refractivity contribution in [2.75, 3.05) is 6.54 Å². The molecule has 33 heavy (non-hydrogen) atoms. The van der Waals surface area contributed by atoms with Gasteiger partial charge >= 0.3 is 0 Å². The zero-order valence-corrected chi connectivity index (χ0v) is 22.4. The Morgan fingerprint density at radius 3 is 2.36 bits per heavy atom. The Kier molecular flexibility index (Phi) is 9.09. The Morgan fingerprint density at radius 1 is 1.00 bits per heavy atom. The summed E-state index contributed by atoms with van der Waals surface area (Å²) in [6.07, 6.45) is 1.47. The maximum absolute atomic E-state index is 13.3. The summed E-state index contributed by atoms with van der Waals surface area (Å²) in [6, 6.07) is 18.3. The molecule has 0 saturated heterocycles. The molecule has 11 heteroatoms. The van der Waals surface area contributed by atoms with Gasteiger partial charge in [-0.05, 0) is 48.0 Å². The van der Waals surface area contributed by atoms with Crippen molar-refractivity contribution in [3.05, 3.63) is 96.8 Å². The van der Waals surface area contributed by atoms with Crippen LogP contribution in [0.4, 0.5) is 0 Å². The van der Waals surface area contributed by atoms with Crippen molar-refractivity contribution < 1.29 is 13.2 Å². The quantitative estimate of drug-likeness (QED) is 0.249. The van der Waals surface area contributed by atoms with E-state index in [0.29, 0.717) is 10.6 Å². The lowest BCUT2D eigenvalue weighted by Crippen LogP contribution is -2.39. The van der Waals surface area contributed by atoms with Gasteiger partial charge in [0, 0.05) is 21.1 Å². The lowest BCUT2D eigenvalue weighted by atomic mass is 10.2. The third kappa shape index (κ3) is 7.11. The van der Waals surface area contributed by atoms with Crippen LogP contribution in [0.25, 0.3) is 0 Å². The van der Waals surface area contributed by atoms with E-state index < -0.39 is 22.5 Å². The molecule has 0 atom stereocenters. The number of sulfonamides is 1. The number of halogens is 4. The molecule has 172 valence electrons. The summed E-state index contributed by atoms with van der Waals surface area (Å²) in [5.41, 5.74) is 3.71. The third-order valence-corrected chi connectivity index (χ3v) is 8.21. The number of hydrazone groups is 1. The fourth-order valence-electron chi connectivity index (χ4n) is 2.77. The number of rotatable bonds is 8. The van der Waals surface area contributed by atoms with E-state index in [4.69, 9.17) is 23.2 Å². The molecular weight excluding hydrogens is 617 g/mol. The lowest BCUT2D eigenvalue weighted by Gasteiger charge is -2.22. The summed E-state index contributed by atoms with van der Waals surface area (Å²) in [6.45, 7) is -0.539. The molecule has 0 spiro atoms. The molecule has 0 heterocycles. The second-order valence-electron chi connectivity index (χ2n) is 6.79. The van der Waals surface area contributed by atoms with Gasteiger partial charge in [-0.1, -0.05) is 79.3 Å². The first-order chi connectivity index (χ1) is 15.7. The van der Waals surface area contributed by atoms with Crippen LogP contribution >= 0.6 is 55.1 Å². The fraction of sp³-hybridized carbons (Fsp3) is 0.0909. The van der Waals surface area contributed by atoms with Gasteiger partial charge in [-0.15, -0.1) is 0 Å². The molecule has 3 aromatic carbocycles. The van der Waals surface area contributed by atoms with E-state index >= 15 is 0 Å². The fourth-order valence-corrected chi connectivity index (χ4v) is 5.13. The number of nitrogens with one attached hydrogen (secondary N) is 1. The first-order valence-corrected chi connectivity index (χ1v) is 13.2. The van der Waals surface area contributed by atoms with Crippen molar-refractivity contribution in [2.45, 2.75) is 11.4 Å². The lowest BCUT2D eigenvalue weighted by molar-refractivity contribution is -0.121. The van der Waals surface area contributed by atoms with Gasteiger partial charge < -0.3 is 0 Å². The van der Waals surface area contributed by atoms with E-state index in [0.717, 1.165) is 18.8 Å². The Hall–Kier alpha value is -1.75. The highest BCUT2D eigenvalue weighted by atomic mass is 79.9. The standard InChI is InChI=1S/C22H17Br2Cl2N3O3S/c23-17-6-8-18(9-7-17)33(31,32)29(13-15-5-10-20(25)21(26)11-15)14-22(30)28-27-12-16-3-1-2-4-19(16)24/h1-12H,13-14H2,(H,28,30)/b27-12+. The molecule has 0 aromatic heterocycles. The van der Waals surface area contributed by atoms with Gasteiger partial charge in [-0.3, -0.25) is 4.79 Å². The minimum atomic E-state index is -4.00. The molecule has 0 aliphatic carbocycles. The van der Waals surface area contributed by atoms with Gasteiger partial charge in [-0.25, -0.2) is 13.8 Å². The second-order valence-corrected chi connectivity index (χ2v) is 11.3.